The van der Waals surface area contributed by atoms with Crippen molar-refractivity contribution in [2.75, 3.05) is 23.0 Å². The predicted molar refractivity (Wildman–Crippen MR) is 131 cm³/mol. The normalized spacial score (nSPS) is 22.8. The Bertz CT molecular complexity index is 1120. The topological polar surface area (TPSA) is 76.0 Å². The average Bonchev–Trinajstić information content (AvgIpc) is 3.20. The van der Waals surface area contributed by atoms with Gasteiger partial charge in [-0.1, -0.05) is 54.9 Å². The van der Waals surface area contributed by atoms with E-state index < -0.39 is 9.84 Å². The van der Waals surface area contributed by atoms with E-state index in [4.69, 9.17) is 16.3 Å². The van der Waals surface area contributed by atoms with Crippen molar-refractivity contribution in [1.82, 2.24) is 0 Å². The smallest absolute Gasteiger partial charge is 0.252 e. The van der Waals surface area contributed by atoms with Crippen LogP contribution < -0.4 is 9.64 Å². The van der Waals surface area contributed by atoms with Crippen molar-refractivity contribution in [3.8, 4) is 5.75 Å². The summed E-state index contributed by atoms with van der Waals surface area (Å²) in [5.74, 6) is 0.585. The number of nitrogens with zero attached hydrogens (tertiary/aromatic N) is 2. The van der Waals surface area contributed by atoms with E-state index in [-0.39, 0.29) is 35.1 Å². The fourth-order valence-corrected chi connectivity index (χ4v) is 7.90. The van der Waals surface area contributed by atoms with Gasteiger partial charge in [0.15, 0.2) is 15.0 Å². The Morgan fingerprint density at radius 2 is 2.00 bits per heavy atom. The molecule has 4 rings (SSSR count). The van der Waals surface area contributed by atoms with Crippen LogP contribution in [0.25, 0.3) is 0 Å². The Balaban J connectivity index is 1.60. The van der Waals surface area contributed by atoms with E-state index in [0.29, 0.717) is 16.8 Å². The van der Waals surface area contributed by atoms with Crippen LogP contribution >= 0.6 is 23.4 Å². The Labute approximate surface area is 197 Å². The molecule has 0 radical (unpaired) electrons. The first kappa shape index (κ1) is 23.1. The van der Waals surface area contributed by atoms with E-state index in [1.807, 2.05) is 29.2 Å². The average molecular weight is 493 g/mol. The molecule has 1 amide bonds. The summed E-state index contributed by atoms with van der Waals surface area (Å²) in [6.45, 7) is 2.72. The van der Waals surface area contributed by atoms with E-state index >= 15 is 0 Å². The first-order chi connectivity index (χ1) is 15.3. The van der Waals surface area contributed by atoms with Gasteiger partial charge in [0.2, 0.25) is 0 Å². The maximum absolute atomic E-state index is 12.7. The number of hydrogen-bond donors (Lipinski definition) is 0. The SMILES string of the molecule is CCCCOc1cccc(N2C(=NC(=O)Cc3ccc(Cl)cc3)S[C@H]3CS(=O)(=O)C[C@H]32)c1. The zero-order chi connectivity index (χ0) is 22.7. The summed E-state index contributed by atoms with van der Waals surface area (Å²) >= 11 is 7.29. The third kappa shape index (κ3) is 5.47. The van der Waals surface area contributed by atoms with Crippen LogP contribution in [-0.4, -0.2) is 48.9 Å². The molecule has 2 heterocycles. The highest BCUT2D eigenvalue weighted by Gasteiger charge is 2.49. The number of carbonyl (C=O) groups excluding carboxylic acids is 1. The maximum Gasteiger partial charge on any atom is 0.252 e. The van der Waals surface area contributed by atoms with Gasteiger partial charge in [0.1, 0.15) is 5.75 Å². The van der Waals surface area contributed by atoms with Crippen LogP contribution in [-0.2, 0) is 21.1 Å². The number of benzene rings is 2. The molecular weight excluding hydrogens is 468 g/mol. The number of fused-ring (bicyclic) bond motifs is 1. The molecule has 2 aliphatic rings. The van der Waals surface area contributed by atoms with Gasteiger partial charge in [-0.2, -0.15) is 4.99 Å². The minimum atomic E-state index is -3.12. The number of ether oxygens (including phenoxy) is 1. The van der Waals surface area contributed by atoms with Gasteiger partial charge in [0.25, 0.3) is 5.91 Å². The second-order valence-electron chi connectivity index (χ2n) is 7.96. The molecule has 2 atom stereocenters. The number of carbonyl (C=O) groups is 1. The van der Waals surface area contributed by atoms with E-state index in [1.54, 1.807) is 24.3 Å². The van der Waals surface area contributed by atoms with Crippen LogP contribution in [0.15, 0.2) is 53.5 Å². The number of halogens is 1. The van der Waals surface area contributed by atoms with Gasteiger partial charge >= 0.3 is 0 Å². The van der Waals surface area contributed by atoms with Gasteiger partial charge in [-0.3, -0.25) is 4.79 Å². The van der Waals surface area contributed by atoms with Crippen LogP contribution in [0.5, 0.6) is 5.75 Å². The molecule has 0 spiro atoms. The second kappa shape index (κ2) is 9.85. The Morgan fingerprint density at radius 3 is 2.75 bits per heavy atom. The summed E-state index contributed by atoms with van der Waals surface area (Å²) in [6.07, 6.45) is 2.15. The number of sulfone groups is 1. The molecule has 2 fully saturated rings. The van der Waals surface area contributed by atoms with Crippen molar-refractivity contribution in [3.63, 3.8) is 0 Å². The van der Waals surface area contributed by atoms with Gasteiger partial charge < -0.3 is 9.64 Å². The van der Waals surface area contributed by atoms with Gasteiger partial charge in [-0.25, -0.2) is 8.42 Å². The lowest BCUT2D eigenvalue weighted by Crippen LogP contribution is -2.37. The molecule has 2 aliphatic heterocycles. The van der Waals surface area contributed by atoms with Crippen molar-refractivity contribution in [3.05, 3.63) is 59.1 Å². The molecule has 0 N–H and O–H groups in total. The molecule has 9 heteroatoms. The number of anilines is 1. The molecule has 2 saturated heterocycles. The van der Waals surface area contributed by atoms with E-state index in [1.165, 1.54) is 11.8 Å². The number of rotatable bonds is 7. The van der Waals surface area contributed by atoms with Crippen LogP contribution in [0.4, 0.5) is 5.69 Å². The summed E-state index contributed by atoms with van der Waals surface area (Å²) in [6, 6.07) is 14.4. The minimum absolute atomic E-state index is 0.0516. The van der Waals surface area contributed by atoms with E-state index in [0.717, 1.165) is 29.8 Å². The molecular formula is C23H25ClN2O4S2. The third-order valence-electron chi connectivity index (χ3n) is 5.42. The highest BCUT2D eigenvalue weighted by atomic mass is 35.5. The van der Waals surface area contributed by atoms with Gasteiger partial charge in [-0.05, 0) is 36.2 Å². The number of amidine groups is 1. The minimum Gasteiger partial charge on any atom is -0.494 e. The summed E-state index contributed by atoms with van der Waals surface area (Å²) in [7, 11) is -3.12. The fraction of sp³-hybridized carbons (Fsp3) is 0.391. The van der Waals surface area contributed by atoms with Crippen LogP contribution in [0, 0.1) is 0 Å². The maximum atomic E-state index is 12.7. The second-order valence-corrected chi connectivity index (χ2v) is 11.8. The Morgan fingerprint density at radius 1 is 1.22 bits per heavy atom. The quantitative estimate of drug-likeness (QED) is 0.534. The first-order valence-corrected chi connectivity index (χ1v) is 13.7. The number of thioether (sulfide) groups is 1. The predicted octanol–water partition coefficient (Wildman–Crippen LogP) is 4.36. The standard InChI is InChI=1S/C23H25ClN2O4S2/c1-2-3-11-30-19-6-4-5-18(13-19)26-20-14-32(28,29)15-21(20)31-23(26)25-22(27)12-16-7-9-17(24)10-8-16/h4-10,13,20-21H,2-3,11-12,14-15H2,1H3/t20-,21+/m1/s1. The first-order valence-electron chi connectivity index (χ1n) is 10.6. The number of amides is 1. The molecule has 170 valence electrons. The van der Waals surface area contributed by atoms with Crippen molar-refractivity contribution >= 4 is 50.0 Å². The number of aliphatic imine (C=N–C) groups is 1. The van der Waals surface area contributed by atoms with Gasteiger partial charge in [0, 0.05) is 22.0 Å². The van der Waals surface area contributed by atoms with Crippen molar-refractivity contribution in [2.24, 2.45) is 4.99 Å². The Hall–Kier alpha value is -2.03. The van der Waals surface area contributed by atoms with Crippen molar-refractivity contribution < 1.29 is 17.9 Å². The molecule has 0 aliphatic carbocycles. The lowest BCUT2D eigenvalue weighted by Gasteiger charge is -2.25. The molecule has 0 bridgehead atoms. The molecule has 0 aromatic heterocycles. The molecule has 2 aromatic rings. The fourth-order valence-electron chi connectivity index (χ4n) is 3.85. The van der Waals surface area contributed by atoms with Gasteiger partial charge in [-0.15, -0.1) is 0 Å². The molecule has 0 saturated carbocycles. The summed E-state index contributed by atoms with van der Waals surface area (Å²) in [4.78, 5) is 19.0. The molecule has 6 nitrogen and oxygen atoms in total. The molecule has 0 unspecified atom stereocenters. The summed E-state index contributed by atoms with van der Waals surface area (Å²) < 4.78 is 30.4. The lowest BCUT2D eigenvalue weighted by molar-refractivity contribution is -0.117. The summed E-state index contributed by atoms with van der Waals surface area (Å²) in [5.41, 5.74) is 1.61. The van der Waals surface area contributed by atoms with Crippen LogP contribution in [0.3, 0.4) is 0 Å². The van der Waals surface area contributed by atoms with Gasteiger partial charge in [0.05, 0.1) is 30.6 Å². The van der Waals surface area contributed by atoms with E-state index in [2.05, 4.69) is 11.9 Å². The van der Waals surface area contributed by atoms with Crippen LogP contribution in [0.2, 0.25) is 5.02 Å². The highest BCUT2D eigenvalue weighted by Crippen LogP contribution is 2.41. The third-order valence-corrected chi connectivity index (χ3v) is 8.88. The molecule has 32 heavy (non-hydrogen) atoms. The van der Waals surface area contributed by atoms with Crippen molar-refractivity contribution in [1.29, 1.82) is 0 Å². The highest BCUT2D eigenvalue weighted by molar-refractivity contribution is 8.16. The van der Waals surface area contributed by atoms with E-state index in [9.17, 15) is 13.2 Å². The zero-order valence-electron chi connectivity index (χ0n) is 17.7. The largest absolute Gasteiger partial charge is 0.494 e. The lowest BCUT2D eigenvalue weighted by atomic mass is 10.1. The summed E-state index contributed by atoms with van der Waals surface area (Å²) in [5, 5.41) is 1.01. The molecule has 2 aromatic carbocycles. The van der Waals surface area contributed by atoms with Crippen molar-refractivity contribution in [2.45, 2.75) is 37.5 Å². The number of unbranched alkanes of at least 4 members (excludes halogenated alkanes) is 1. The zero-order valence-corrected chi connectivity index (χ0v) is 20.1. The Kier molecular flexibility index (Phi) is 7.12. The number of hydrogen-bond acceptors (Lipinski definition) is 5. The van der Waals surface area contributed by atoms with Crippen LogP contribution in [0.1, 0.15) is 25.3 Å². The monoisotopic (exact) mass is 492 g/mol.